The lowest BCUT2D eigenvalue weighted by molar-refractivity contribution is -0.139. The van der Waals surface area contributed by atoms with Crippen LogP contribution in [0.3, 0.4) is 0 Å². The molecule has 1 aliphatic carbocycles. The molecular formula is C27H28N4O5. The second-order valence-corrected chi connectivity index (χ2v) is 9.03. The first-order chi connectivity index (χ1) is 17.2. The van der Waals surface area contributed by atoms with Gasteiger partial charge in [-0.05, 0) is 61.1 Å². The molecule has 0 saturated heterocycles. The maximum atomic E-state index is 12.7. The van der Waals surface area contributed by atoms with Crippen molar-refractivity contribution < 1.29 is 24.6 Å². The Morgan fingerprint density at radius 3 is 2.61 bits per heavy atom. The van der Waals surface area contributed by atoms with Crippen LogP contribution in [0.15, 0.2) is 48.8 Å². The Bertz CT molecular complexity index is 1320. The molecule has 1 heterocycles. The van der Waals surface area contributed by atoms with Gasteiger partial charge in [-0.3, -0.25) is 14.5 Å². The third-order valence-corrected chi connectivity index (χ3v) is 6.53. The van der Waals surface area contributed by atoms with Crippen LogP contribution in [-0.2, 0) is 24.3 Å². The number of benzene rings is 2. The van der Waals surface area contributed by atoms with Crippen molar-refractivity contribution in [3.05, 3.63) is 93.6 Å². The van der Waals surface area contributed by atoms with Crippen molar-refractivity contribution >= 4 is 17.8 Å². The van der Waals surface area contributed by atoms with Gasteiger partial charge in [0.25, 0.3) is 5.91 Å². The number of hydrogen-bond donors (Lipinski definition) is 3. The first-order valence-electron chi connectivity index (χ1n) is 11.7. The SMILES string of the molecule is Cc1cccc(CNC(=O)c2cc(CN(CC(=O)O)C3CCc4c3ccc(C(=O)O)c4C)ncn2)c1. The van der Waals surface area contributed by atoms with E-state index in [1.165, 1.54) is 6.33 Å². The standard InChI is InChI=1S/C27H28N4O5/c1-16-4-3-5-18(10-16)12-28-26(34)23-11-19(29-15-30-23)13-31(14-25(32)33)24-9-8-20-17(2)21(27(35)36)6-7-22(20)24/h3-7,10-11,15,24H,8-9,12-14H2,1-2H3,(H,28,34)(H,32,33)(H,35,36). The molecule has 3 aromatic rings. The van der Waals surface area contributed by atoms with Gasteiger partial charge in [0, 0.05) is 19.1 Å². The summed E-state index contributed by atoms with van der Waals surface area (Å²) >= 11 is 0. The third kappa shape index (κ3) is 5.58. The molecule has 0 aliphatic heterocycles. The summed E-state index contributed by atoms with van der Waals surface area (Å²) in [5, 5.41) is 21.9. The van der Waals surface area contributed by atoms with E-state index < -0.39 is 11.9 Å². The highest BCUT2D eigenvalue weighted by atomic mass is 16.4. The van der Waals surface area contributed by atoms with Crippen LogP contribution in [0.25, 0.3) is 0 Å². The van der Waals surface area contributed by atoms with E-state index in [-0.39, 0.29) is 36.3 Å². The number of carbonyl (C=O) groups is 3. The lowest BCUT2D eigenvalue weighted by Gasteiger charge is -2.28. The van der Waals surface area contributed by atoms with Gasteiger partial charge in [-0.15, -0.1) is 0 Å². The van der Waals surface area contributed by atoms with Crippen LogP contribution in [0, 0.1) is 13.8 Å². The van der Waals surface area contributed by atoms with E-state index in [0.717, 1.165) is 22.3 Å². The van der Waals surface area contributed by atoms with Gasteiger partial charge in [-0.2, -0.15) is 0 Å². The second kappa shape index (κ2) is 10.7. The minimum Gasteiger partial charge on any atom is -0.480 e. The molecule has 0 spiro atoms. The average molecular weight is 489 g/mol. The Labute approximate surface area is 208 Å². The molecular weight excluding hydrogens is 460 g/mol. The van der Waals surface area contributed by atoms with Gasteiger partial charge in [0.05, 0.1) is 17.8 Å². The van der Waals surface area contributed by atoms with Crippen molar-refractivity contribution in [2.24, 2.45) is 0 Å². The molecule has 1 aliphatic rings. The van der Waals surface area contributed by atoms with Crippen LogP contribution in [0.1, 0.15) is 66.8 Å². The molecule has 0 radical (unpaired) electrons. The van der Waals surface area contributed by atoms with Gasteiger partial charge < -0.3 is 15.5 Å². The highest BCUT2D eigenvalue weighted by Crippen LogP contribution is 2.39. The number of aromatic carboxylic acids is 1. The third-order valence-electron chi connectivity index (χ3n) is 6.53. The van der Waals surface area contributed by atoms with Crippen LogP contribution >= 0.6 is 0 Å². The van der Waals surface area contributed by atoms with Crippen LogP contribution in [0.2, 0.25) is 0 Å². The first kappa shape index (κ1) is 25.0. The Morgan fingerprint density at radius 1 is 1.08 bits per heavy atom. The summed E-state index contributed by atoms with van der Waals surface area (Å²) in [6, 6.07) is 12.6. The zero-order valence-electron chi connectivity index (χ0n) is 20.2. The normalized spacial score (nSPS) is 14.5. The van der Waals surface area contributed by atoms with E-state index in [9.17, 15) is 24.6 Å². The Balaban J connectivity index is 1.52. The molecule has 186 valence electrons. The Morgan fingerprint density at radius 2 is 1.89 bits per heavy atom. The lowest BCUT2D eigenvalue weighted by Crippen LogP contribution is -2.33. The van der Waals surface area contributed by atoms with Crippen LogP contribution in [0.4, 0.5) is 0 Å². The molecule has 1 aromatic heterocycles. The molecule has 0 fully saturated rings. The van der Waals surface area contributed by atoms with E-state index >= 15 is 0 Å². The fourth-order valence-electron chi connectivity index (χ4n) is 4.83. The molecule has 9 heteroatoms. The molecule has 0 bridgehead atoms. The summed E-state index contributed by atoms with van der Waals surface area (Å²) in [4.78, 5) is 46.1. The number of rotatable bonds is 9. The first-order valence-corrected chi connectivity index (χ1v) is 11.7. The smallest absolute Gasteiger partial charge is 0.335 e. The summed E-state index contributed by atoms with van der Waals surface area (Å²) in [5.41, 5.74) is 5.68. The van der Waals surface area contributed by atoms with E-state index in [1.54, 1.807) is 30.0 Å². The minimum atomic E-state index is -0.979. The number of nitrogens with one attached hydrogen (secondary N) is 1. The summed E-state index contributed by atoms with van der Waals surface area (Å²) in [5.74, 6) is -2.30. The predicted octanol–water partition coefficient (Wildman–Crippen LogP) is 3.30. The van der Waals surface area contributed by atoms with E-state index in [1.807, 2.05) is 31.2 Å². The number of aromatic nitrogens is 2. The summed E-state index contributed by atoms with van der Waals surface area (Å²) in [7, 11) is 0. The van der Waals surface area contributed by atoms with Crippen molar-refractivity contribution in [2.45, 2.75) is 45.8 Å². The predicted molar refractivity (Wildman–Crippen MR) is 132 cm³/mol. The number of nitrogens with zero attached hydrogens (tertiary/aromatic N) is 3. The second-order valence-electron chi connectivity index (χ2n) is 9.03. The quantitative estimate of drug-likeness (QED) is 0.418. The van der Waals surface area contributed by atoms with Crippen LogP contribution < -0.4 is 5.32 Å². The van der Waals surface area contributed by atoms with Gasteiger partial charge in [-0.1, -0.05) is 35.9 Å². The fourth-order valence-corrected chi connectivity index (χ4v) is 4.83. The van der Waals surface area contributed by atoms with E-state index in [2.05, 4.69) is 15.3 Å². The number of aryl methyl sites for hydroxylation is 1. The largest absolute Gasteiger partial charge is 0.480 e. The van der Waals surface area contributed by atoms with Gasteiger partial charge in [-0.25, -0.2) is 14.8 Å². The number of aliphatic carboxylic acids is 1. The molecule has 36 heavy (non-hydrogen) atoms. The number of carboxylic acid groups (broad SMARTS) is 2. The lowest BCUT2D eigenvalue weighted by atomic mass is 9.97. The maximum absolute atomic E-state index is 12.7. The molecule has 3 N–H and O–H groups in total. The molecule has 1 atom stereocenters. The van der Waals surface area contributed by atoms with Crippen molar-refractivity contribution in [3.8, 4) is 0 Å². The number of amides is 1. The van der Waals surface area contributed by atoms with Crippen LogP contribution in [-0.4, -0.2) is 49.5 Å². The average Bonchev–Trinajstić information content (AvgIpc) is 3.27. The van der Waals surface area contributed by atoms with Crippen LogP contribution in [0.5, 0.6) is 0 Å². The highest BCUT2D eigenvalue weighted by Gasteiger charge is 2.31. The molecule has 0 saturated carbocycles. The zero-order valence-corrected chi connectivity index (χ0v) is 20.2. The summed E-state index contributed by atoms with van der Waals surface area (Å²) in [6.07, 6.45) is 2.64. The van der Waals surface area contributed by atoms with Crippen molar-refractivity contribution in [1.29, 1.82) is 0 Å². The molecule has 9 nitrogen and oxygen atoms in total. The van der Waals surface area contributed by atoms with Crippen molar-refractivity contribution in [3.63, 3.8) is 0 Å². The number of carboxylic acids is 2. The molecule has 1 amide bonds. The maximum Gasteiger partial charge on any atom is 0.335 e. The van der Waals surface area contributed by atoms with Gasteiger partial charge in [0.2, 0.25) is 0 Å². The number of hydrogen-bond acceptors (Lipinski definition) is 6. The van der Waals surface area contributed by atoms with Gasteiger partial charge in [0.15, 0.2) is 0 Å². The highest BCUT2D eigenvalue weighted by molar-refractivity contribution is 5.92. The van der Waals surface area contributed by atoms with Crippen molar-refractivity contribution in [1.82, 2.24) is 20.2 Å². The van der Waals surface area contributed by atoms with Gasteiger partial charge in [0.1, 0.15) is 12.0 Å². The Kier molecular flexibility index (Phi) is 7.40. The summed E-state index contributed by atoms with van der Waals surface area (Å²) < 4.78 is 0. The minimum absolute atomic E-state index is 0.203. The van der Waals surface area contributed by atoms with Crippen molar-refractivity contribution in [2.75, 3.05) is 6.54 Å². The number of carbonyl (C=O) groups excluding carboxylic acids is 1. The van der Waals surface area contributed by atoms with E-state index in [0.29, 0.717) is 30.6 Å². The summed E-state index contributed by atoms with van der Waals surface area (Å²) in [6.45, 7) is 4.12. The zero-order chi connectivity index (χ0) is 25.8. The fraction of sp³-hybridized carbons (Fsp3) is 0.296. The topological polar surface area (TPSA) is 133 Å². The molecule has 1 unspecified atom stereocenters. The Hall–Kier alpha value is -4.11. The molecule has 2 aromatic carbocycles. The van der Waals surface area contributed by atoms with Gasteiger partial charge >= 0.3 is 11.9 Å². The molecule has 4 rings (SSSR count). The monoisotopic (exact) mass is 488 g/mol. The van der Waals surface area contributed by atoms with E-state index in [4.69, 9.17) is 0 Å². The number of fused-ring (bicyclic) bond motifs is 1.